The monoisotopic (exact) mass is 273 g/mol. The number of nitrogens with zero attached hydrogens (tertiary/aromatic N) is 3. The Kier molecular flexibility index (Phi) is 4.84. The number of aromatic nitrogens is 3. The number of benzene rings is 1. The summed E-state index contributed by atoms with van der Waals surface area (Å²) in [5.41, 5.74) is 1.46. The lowest BCUT2D eigenvalue weighted by Gasteiger charge is -2.09. The molecule has 0 aliphatic heterocycles. The molecule has 0 fully saturated rings. The van der Waals surface area contributed by atoms with Crippen molar-refractivity contribution in [1.29, 1.82) is 0 Å². The first-order valence-corrected chi connectivity index (χ1v) is 6.58. The van der Waals surface area contributed by atoms with Gasteiger partial charge in [-0.15, -0.1) is 5.10 Å². The molecule has 1 unspecified atom stereocenters. The summed E-state index contributed by atoms with van der Waals surface area (Å²) in [5, 5.41) is 13.7. The lowest BCUT2D eigenvalue weighted by molar-refractivity contribution is 0.0945. The molecule has 0 bridgehead atoms. The number of hydrogen-bond donors (Lipinski definition) is 2. The number of carbonyl (C=O) groups is 1. The van der Waals surface area contributed by atoms with E-state index in [0.29, 0.717) is 18.8 Å². The SMILES string of the molecule is CNC(C)CNC(=O)c1cn(Cc2ccccc2)nn1. The average Bonchev–Trinajstić information content (AvgIpc) is 2.94. The van der Waals surface area contributed by atoms with Crippen molar-refractivity contribution in [1.82, 2.24) is 25.6 Å². The zero-order valence-corrected chi connectivity index (χ0v) is 11.7. The molecular weight excluding hydrogens is 254 g/mol. The summed E-state index contributed by atoms with van der Waals surface area (Å²) in [6, 6.07) is 10.1. The molecular formula is C14H19N5O. The molecule has 1 heterocycles. The maximum atomic E-state index is 11.9. The van der Waals surface area contributed by atoms with Crippen molar-refractivity contribution in [2.75, 3.05) is 13.6 Å². The number of rotatable bonds is 6. The van der Waals surface area contributed by atoms with Crippen LogP contribution in [0.3, 0.4) is 0 Å². The number of nitrogens with one attached hydrogen (secondary N) is 2. The first kappa shape index (κ1) is 14.2. The van der Waals surface area contributed by atoms with Crippen molar-refractivity contribution in [3.05, 3.63) is 47.8 Å². The predicted octanol–water partition coefficient (Wildman–Crippen LogP) is 0.664. The van der Waals surface area contributed by atoms with Gasteiger partial charge < -0.3 is 10.6 Å². The quantitative estimate of drug-likeness (QED) is 0.811. The molecule has 1 aromatic heterocycles. The highest BCUT2D eigenvalue weighted by Gasteiger charge is 2.11. The van der Waals surface area contributed by atoms with E-state index in [9.17, 15) is 4.79 Å². The fourth-order valence-electron chi connectivity index (χ4n) is 1.69. The van der Waals surface area contributed by atoms with E-state index in [1.165, 1.54) is 0 Å². The Morgan fingerprint density at radius 2 is 2.10 bits per heavy atom. The van der Waals surface area contributed by atoms with Crippen LogP contribution in [0.15, 0.2) is 36.5 Å². The zero-order valence-electron chi connectivity index (χ0n) is 11.7. The molecule has 0 spiro atoms. The number of hydrogen-bond acceptors (Lipinski definition) is 4. The lowest BCUT2D eigenvalue weighted by Crippen LogP contribution is -2.37. The van der Waals surface area contributed by atoms with E-state index >= 15 is 0 Å². The minimum atomic E-state index is -0.202. The Labute approximate surface area is 118 Å². The molecule has 6 nitrogen and oxygen atoms in total. The van der Waals surface area contributed by atoms with Gasteiger partial charge in [0.1, 0.15) is 0 Å². The fraction of sp³-hybridized carbons (Fsp3) is 0.357. The van der Waals surface area contributed by atoms with Gasteiger partial charge in [-0.2, -0.15) is 0 Å². The number of amides is 1. The highest BCUT2D eigenvalue weighted by atomic mass is 16.2. The summed E-state index contributed by atoms with van der Waals surface area (Å²) < 4.78 is 1.66. The van der Waals surface area contributed by atoms with Crippen LogP contribution in [0.2, 0.25) is 0 Å². The molecule has 1 amide bonds. The van der Waals surface area contributed by atoms with E-state index < -0.39 is 0 Å². The lowest BCUT2D eigenvalue weighted by atomic mass is 10.2. The van der Waals surface area contributed by atoms with Gasteiger partial charge in [-0.3, -0.25) is 4.79 Å². The van der Waals surface area contributed by atoms with Crippen LogP contribution in [-0.2, 0) is 6.54 Å². The van der Waals surface area contributed by atoms with Crippen LogP contribution in [-0.4, -0.2) is 40.5 Å². The fourth-order valence-corrected chi connectivity index (χ4v) is 1.69. The van der Waals surface area contributed by atoms with Gasteiger partial charge in [0.25, 0.3) is 5.91 Å². The molecule has 0 radical (unpaired) electrons. The number of likely N-dealkylation sites (N-methyl/N-ethyl adjacent to an activating group) is 1. The normalized spacial score (nSPS) is 12.1. The third-order valence-corrected chi connectivity index (χ3v) is 3.02. The van der Waals surface area contributed by atoms with E-state index in [-0.39, 0.29) is 11.9 Å². The van der Waals surface area contributed by atoms with E-state index in [1.807, 2.05) is 44.3 Å². The molecule has 2 N–H and O–H groups in total. The minimum Gasteiger partial charge on any atom is -0.349 e. The largest absolute Gasteiger partial charge is 0.349 e. The Hall–Kier alpha value is -2.21. The molecule has 6 heteroatoms. The molecule has 1 atom stereocenters. The van der Waals surface area contributed by atoms with E-state index in [4.69, 9.17) is 0 Å². The van der Waals surface area contributed by atoms with Crippen LogP contribution in [0.5, 0.6) is 0 Å². The van der Waals surface area contributed by atoms with Crippen molar-refractivity contribution in [2.24, 2.45) is 0 Å². The molecule has 2 rings (SSSR count). The van der Waals surface area contributed by atoms with Gasteiger partial charge in [-0.25, -0.2) is 4.68 Å². The van der Waals surface area contributed by atoms with E-state index in [1.54, 1.807) is 10.9 Å². The van der Waals surface area contributed by atoms with Gasteiger partial charge in [0.2, 0.25) is 0 Å². The van der Waals surface area contributed by atoms with E-state index in [0.717, 1.165) is 5.56 Å². The van der Waals surface area contributed by atoms with Crippen LogP contribution in [0.4, 0.5) is 0 Å². The van der Waals surface area contributed by atoms with Crippen LogP contribution in [0.1, 0.15) is 23.0 Å². The molecule has 0 saturated carbocycles. The third-order valence-electron chi connectivity index (χ3n) is 3.02. The Morgan fingerprint density at radius 1 is 1.35 bits per heavy atom. The van der Waals surface area contributed by atoms with Crippen molar-refractivity contribution in [3.8, 4) is 0 Å². The van der Waals surface area contributed by atoms with Crippen LogP contribution in [0.25, 0.3) is 0 Å². The zero-order chi connectivity index (χ0) is 14.4. The highest BCUT2D eigenvalue weighted by Crippen LogP contribution is 2.02. The molecule has 2 aromatic rings. The third kappa shape index (κ3) is 3.89. The average molecular weight is 273 g/mol. The van der Waals surface area contributed by atoms with Gasteiger partial charge in [0, 0.05) is 12.6 Å². The molecule has 0 aliphatic rings. The van der Waals surface area contributed by atoms with Gasteiger partial charge >= 0.3 is 0 Å². The molecule has 106 valence electrons. The second kappa shape index (κ2) is 6.81. The summed E-state index contributed by atoms with van der Waals surface area (Å²) in [6.45, 7) is 3.15. The second-order valence-electron chi connectivity index (χ2n) is 4.69. The van der Waals surface area contributed by atoms with Crippen molar-refractivity contribution in [3.63, 3.8) is 0 Å². The first-order valence-electron chi connectivity index (χ1n) is 6.58. The van der Waals surface area contributed by atoms with Crippen molar-refractivity contribution in [2.45, 2.75) is 19.5 Å². The maximum absolute atomic E-state index is 11.9. The predicted molar refractivity (Wildman–Crippen MR) is 76.4 cm³/mol. The summed E-state index contributed by atoms with van der Waals surface area (Å²) in [7, 11) is 1.85. The second-order valence-corrected chi connectivity index (χ2v) is 4.69. The van der Waals surface area contributed by atoms with Gasteiger partial charge in [-0.05, 0) is 19.5 Å². The first-order chi connectivity index (χ1) is 9.69. The molecule has 1 aromatic carbocycles. The highest BCUT2D eigenvalue weighted by molar-refractivity contribution is 5.91. The maximum Gasteiger partial charge on any atom is 0.273 e. The van der Waals surface area contributed by atoms with Crippen LogP contribution < -0.4 is 10.6 Å². The van der Waals surface area contributed by atoms with Gasteiger partial charge in [0.15, 0.2) is 5.69 Å². The van der Waals surface area contributed by atoms with Crippen LogP contribution in [0, 0.1) is 0 Å². The van der Waals surface area contributed by atoms with Crippen molar-refractivity contribution < 1.29 is 4.79 Å². The Morgan fingerprint density at radius 3 is 2.80 bits per heavy atom. The molecule has 0 aliphatic carbocycles. The van der Waals surface area contributed by atoms with Gasteiger partial charge in [-0.1, -0.05) is 35.5 Å². The molecule has 0 saturated heterocycles. The summed E-state index contributed by atoms with van der Waals surface area (Å²) in [6.07, 6.45) is 1.66. The van der Waals surface area contributed by atoms with Gasteiger partial charge in [0.05, 0.1) is 12.7 Å². The Bertz CT molecular complexity index is 552. The Balaban J connectivity index is 1.93. The topological polar surface area (TPSA) is 71.8 Å². The van der Waals surface area contributed by atoms with E-state index in [2.05, 4.69) is 20.9 Å². The summed E-state index contributed by atoms with van der Waals surface area (Å²) in [4.78, 5) is 11.9. The molecule has 20 heavy (non-hydrogen) atoms. The smallest absolute Gasteiger partial charge is 0.273 e. The summed E-state index contributed by atoms with van der Waals surface area (Å²) >= 11 is 0. The van der Waals surface area contributed by atoms with Crippen molar-refractivity contribution >= 4 is 5.91 Å². The number of carbonyl (C=O) groups excluding carboxylic acids is 1. The minimum absolute atomic E-state index is 0.202. The summed E-state index contributed by atoms with van der Waals surface area (Å²) in [5.74, 6) is -0.202. The van der Waals surface area contributed by atoms with Crippen LogP contribution >= 0.6 is 0 Å². The standard InChI is InChI=1S/C14H19N5O/c1-11(15-2)8-16-14(20)13-10-19(18-17-13)9-12-6-4-3-5-7-12/h3-7,10-11,15H,8-9H2,1-2H3,(H,16,20).